The minimum absolute atomic E-state index is 0.00697. The van der Waals surface area contributed by atoms with Gasteiger partial charge in [-0.1, -0.05) is 134 Å². The van der Waals surface area contributed by atoms with Crippen LogP contribution in [0.3, 0.4) is 0 Å². The fourth-order valence-corrected chi connectivity index (χ4v) is 10.5. The Balaban J connectivity index is 0.901. The van der Waals surface area contributed by atoms with E-state index in [1.54, 1.807) is 0 Å². The molecule has 0 amide bonds. The predicted molar refractivity (Wildman–Crippen MR) is 288 cm³/mol. The summed E-state index contributed by atoms with van der Waals surface area (Å²) < 4.78 is 0. The molecule has 69 heavy (non-hydrogen) atoms. The molecule has 0 fully saturated rings. The van der Waals surface area contributed by atoms with Crippen molar-refractivity contribution >= 4 is 27.6 Å². The van der Waals surface area contributed by atoms with E-state index < -0.39 is 0 Å². The van der Waals surface area contributed by atoms with Crippen LogP contribution < -0.4 is 0 Å². The van der Waals surface area contributed by atoms with Crippen LogP contribution in [0.4, 0.5) is 0 Å². The van der Waals surface area contributed by atoms with Gasteiger partial charge in [0.25, 0.3) is 0 Å². The smallest absolute Gasteiger partial charge is 0.159 e. The number of nitrogens with zero attached hydrogens (tertiary/aromatic N) is 2. The summed E-state index contributed by atoms with van der Waals surface area (Å²) in [5, 5.41) is 13.1. The third kappa shape index (κ3) is 13.1. The van der Waals surface area contributed by atoms with Gasteiger partial charge in [-0.05, 0) is 184 Å². The van der Waals surface area contributed by atoms with Crippen molar-refractivity contribution in [3.8, 4) is 22.5 Å². The number of allylic oxidation sites excluding steroid dienone is 2. The van der Waals surface area contributed by atoms with E-state index in [2.05, 4.69) is 159 Å². The zero-order valence-corrected chi connectivity index (χ0v) is 40.9. The first-order valence-electron chi connectivity index (χ1n) is 25.9. The summed E-state index contributed by atoms with van der Waals surface area (Å²) in [5.74, 6) is 0.174. The lowest BCUT2D eigenvalue weighted by Crippen LogP contribution is -1.99. The van der Waals surface area contributed by atoms with E-state index >= 15 is 0 Å². The molecule has 0 aliphatic heterocycles. The summed E-state index contributed by atoms with van der Waals surface area (Å²) in [6, 6.07) is 53.7. The van der Waals surface area contributed by atoms with E-state index in [1.165, 1.54) is 122 Å². The fraction of sp³-hybridized carbons (Fsp3) is 0.308. The maximum Gasteiger partial charge on any atom is 0.159 e. The summed E-state index contributed by atoms with van der Waals surface area (Å²) >= 11 is 0. The first-order valence-corrected chi connectivity index (χ1v) is 25.9. The molecule has 0 radical (unpaired) electrons. The number of para-hydroxylation sites is 2. The van der Waals surface area contributed by atoms with Gasteiger partial charge in [-0.15, -0.1) is 0 Å². The number of pyridine rings is 2. The number of carbonyl (C=O) groups is 1. The van der Waals surface area contributed by atoms with Crippen LogP contribution in [0.25, 0.3) is 44.3 Å². The molecule has 12 bridgehead atoms. The maximum absolute atomic E-state index is 12.8. The zero-order valence-electron chi connectivity index (χ0n) is 40.9. The summed E-state index contributed by atoms with van der Waals surface area (Å²) in [4.78, 5) is 23.2. The number of benzene rings is 6. The highest BCUT2D eigenvalue weighted by atomic mass is 16.3. The monoisotopic (exact) mass is 909 g/mol. The largest absolute Gasteiger partial charge is 0.512 e. The molecule has 6 aromatic carbocycles. The minimum atomic E-state index is -0.00697. The number of carbonyl (C=O) groups excluding carboxylic acids is 1. The Kier molecular flexibility index (Phi) is 15.9. The van der Waals surface area contributed by atoms with Gasteiger partial charge < -0.3 is 5.11 Å². The van der Waals surface area contributed by atoms with Crippen LogP contribution in [0.15, 0.2) is 157 Å². The number of hydrogen-bond acceptors (Lipinski definition) is 4. The van der Waals surface area contributed by atoms with Crippen molar-refractivity contribution in [2.75, 3.05) is 0 Å². The highest BCUT2D eigenvalue weighted by Gasteiger charge is 2.13. The molecular formula is C65H68N2O2. The molecule has 4 heteroatoms. The number of ketones is 1. The molecule has 0 saturated heterocycles. The first-order chi connectivity index (χ1) is 33.8. The van der Waals surface area contributed by atoms with Crippen molar-refractivity contribution in [2.24, 2.45) is 0 Å². The molecular weight excluding hydrogens is 841 g/mol. The predicted octanol–water partition coefficient (Wildman–Crippen LogP) is 16.1. The van der Waals surface area contributed by atoms with Crippen molar-refractivity contribution in [3.63, 3.8) is 0 Å². The molecule has 4 nitrogen and oxygen atoms in total. The van der Waals surface area contributed by atoms with Gasteiger partial charge in [0.15, 0.2) is 5.78 Å². The Hall–Kier alpha value is -6.65. The summed E-state index contributed by atoms with van der Waals surface area (Å²) in [7, 11) is 0. The first kappa shape index (κ1) is 47.4. The van der Waals surface area contributed by atoms with Crippen LogP contribution in [-0.4, -0.2) is 20.9 Å². The summed E-state index contributed by atoms with van der Waals surface area (Å²) in [6.07, 6.45) is 19.0. The second-order valence-corrected chi connectivity index (χ2v) is 19.8. The van der Waals surface area contributed by atoms with Gasteiger partial charge in [-0.3, -0.25) is 4.79 Å². The molecule has 0 unspecified atom stereocenters. The zero-order chi connectivity index (χ0) is 47.4. The SMILES string of the molecule is Cc1cc2cc(c1)-c1cc(c3ccccc3n1)CCc1ccc(cc1)CCCC(=O)C=C(O)CCCc1ccc(cc1)CCc1cc(nc3ccccc13)-c1cc(C)cc(c1)CCCCCCCC2. The number of hydrogen-bond donors (Lipinski definition) is 1. The molecule has 0 atom stereocenters. The molecule has 3 aliphatic carbocycles. The Labute approximate surface area is 410 Å². The second kappa shape index (κ2) is 23.1. The van der Waals surface area contributed by atoms with Gasteiger partial charge in [0, 0.05) is 40.8 Å². The highest BCUT2D eigenvalue weighted by Crippen LogP contribution is 2.31. The van der Waals surface area contributed by atoms with Crippen molar-refractivity contribution in [1.82, 2.24) is 9.97 Å². The van der Waals surface area contributed by atoms with E-state index in [4.69, 9.17) is 9.97 Å². The topological polar surface area (TPSA) is 63.1 Å². The van der Waals surface area contributed by atoms with Crippen LogP contribution in [0, 0.1) is 13.8 Å². The van der Waals surface area contributed by atoms with Gasteiger partial charge in [0.05, 0.1) is 28.2 Å². The van der Waals surface area contributed by atoms with E-state index in [0.717, 1.165) is 86.6 Å². The van der Waals surface area contributed by atoms with E-state index in [0.29, 0.717) is 12.8 Å². The molecule has 350 valence electrons. The van der Waals surface area contributed by atoms with Crippen LogP contribution in [-0.2, 0) is 56.2 Å². The number of rotatable bonds is 0. The summed E-state index contributed by atoms with van der Waals surface area (Å²) in [6.45, 7) is 4.43. The Morgan fingerprint density at radius 1 is 0.377 bits per heavy atom. The quantitative estimate of drug-likeness (QED) is 0.165. The van der Waals surface area contributed by atoms with Crippen LogP contribution in [0.2, 0.25) is 0 Å². The Bertz CT molecular complexity index is 3050. The number of aliphatic hydroxyl groups is 1. The normalized spacial score (nSPS) is 15.4. The van der Waals surface area contributed by atoms with Crippen molar-refractivity contribution < 1.29 is 9.90 Å². The third-order valence-electron chi connectivity index (χ3n) is 14.2. The standard InChI is InChI=1S/C65H68N2O2/c1-46-37-52-15-7-5-3-4-6-8-16-53-38-47(2)40-57(42-53)65-44-55(61-22-10-12-24-63(61)67-65)36-34-51-31-27-49(28-32-51)18-14-20-59(69)45-58(68)19-13-17-48-25-29-50(30-26-48)33-35-54-43-64(56(39-46)41-52)66-62-23-11-9-21-60(54)62/h9-12,21-32,37-45,68H,3-8,13-20,33-36H2,1-2H3. The van der Waals surface area contributed by atoms with Crippen LogP contribution >= 0.6 is 0 Å². The molecule has 0 saturated carbocycles. The lowest BCUT2D eigenvalue weighted by Gasteiger charge is -2.13. The van der Waals surface area contributed by atoms with E-state index in [9.17, 15) is 9.90 Å². The Morgan fingerprint density at radius 3 is 1.26 bits per heavy atom. The van der Waals surface area contributed by atoms with Gasteiger partial charge >= 0.3 is 0 Å². The van der Waals surface area contributed by atoms with E-state index in [1.807, 2.05) is 0 Å². The van der Waals surface area contributed by atoms with Gasteiger partial charge in [-0.2, -0.15) is 0 Å². The number of aliphatic hydroxyl groups excluding tert-OH is 1. The van der Waals surface area contributed by atoms with Crippen molar-refractivity contribution in [2.45, 2.75) is 129 Å². The summed E-state index contributed by atoms with van der Waals surface area (Å²) in [5.41, 5.74) is 19.8. The average molecular weight is 909 g/mol. The maximum atomic E-state index is 12.8. The Morgan fingerprint density at radius 2 is 0.783 bits per heavy atom. The molecule has 2 aromatic heterocycles. The molecule has 0 spiro atoms. The molecule has 11 rings (SSSR count). The highest BCUT2D eigenvalue weighted by molar-refractivity contribution is 5.90. The van der Waals surface area contributed by atoms with Crippen LogP contribution in [0.5, 0.6) is 0 Å². The van der Waals surface area contributed by atoms with Gasteiger partial charge in [0.2, 0.25) is 0 Å². The fourth-order valence-electron chi connectivity index (χ4n) is 10.5. The molecule has 2 heterocycles. The lowest BCUT2D eigenvalue weighted by molar-refractivity contribution is -0.114. The van der Waals surface area contributed by atoms with Crippen LogP contribution in [0.1, 0.15) is 120 Å². The number of fused-ring (bicyclic) bond motifs is 4. The average Bonchev–Trinajstić information content (AvgIpc) is 3.35. The third-order valence-corrected chi connectivity index (χ3v) is 14.2. The lowest BCUT2D eigenvalue weighted by atomic mass is 9.95. The minimum Gasteiger partial charge on any atom is -0.512 e. The second-order valence-electron chi connectivity index (χ2n) is 19.8. The van der Waals surface area contributed by atoms with Gasteiger partial charge in [0.1, 0.15) is 0 Å². The number of aromatic nitrogens is 2. The van der Waals surface area contributed by atoms with E-state index in [-0.39, 0.29) is 11.5 Å². The number of aryl methyl sites for hydroxylation is 10. The molecule has 8 aromatic rings. The van der Waals surface area contributed by atoms with Crippen molar-refractivity contribution in [1.29, 1.82) is 0 Å². The molecule has 1 N–H and O–H groups in total. The van der Waals surface area contributed by atoms with Gasteiger partial charge in [-0.25, -0.2) is 9.97 Å². The van der Waals surface area contributed by atoms with Crippen molar-refractivity contribution in [3.05, 3.63) is 213 Å². The molecule has 3 aliphatic rings.